The molecule has 0 amide bonds. The second kappa shape index (κ2) is 7.66. The zero-order valence-corrected chi connectivity index (χ0v) is 14.3. The second-order valence-corrected chi connectivity index (χ2v) is 5.88. The molecule has 26 heavy (non-hydrogen) atoms. The second-order valence-electron chi connectivity index (χ2n) is 5.88. The van der Waals surface area contributed by atoms with Crippen molar-refractivity contribution in [2.24, 2.45) is 0 Å². The molecule has 0 radical (unpaired) electrons. The zero-order chi connectivity index (χ0) is 17.6. The number of nitrogens with zero attached hydrogens (tertiary/aromatic N) is 2. The van der Waals surface area contributed by atoms with Crippen molar-refractivity contribution in [3.63, 3.8) is 0 Å². The van der Waals surface area contributed by atoms with Gasteiger partial charge in [0.25, 0.3) is 0 Å². The molecule has 4 heteroatoms. The normalized spacial score (nSPS) is 10.6. The van der Waals surface area contributed by atoms with Crippen LogP contribution in [0.15, 0.2) is 85.2 Å². The molecule has 0 saturated carbocycles. The molecule has 0 saturated heterocycles. The summed E-state index contributed by atoms with van der Waals surface area (Å²) in [7, 11) is 0. The molecule has 3 aromatic carbocycles. The van der Waals surface area contributed by atoms with E-state index >= 15 is 0 Å². The fourth-order valence-corrected chi connectivity index (χ4v) is 2.92. The molecule has 0 aliphatic carbocycles. The Hall–Kier alpha value is -3.40. The topological polar surface area (TPSA) is 47.0 Å². The van der Waals surface area contributed by atoms with Crippen LogP contribution in [0.5, 0.6) is 5.75 Å². The Kier molecular flexibility index (Phi) is 4.74. The Labute approximate surface area is 152 Å². The van der Waals surface area contributed by atoms with Crippen molar-refractivity contribution in [3.05, 3.63) is 85.2 Å². The number of rotatable bonds is 6. The number of fused-ring (bicyclic) bond motifs is 1. The number of hydrogen-bond donors (Lipinski definition) is 1. The Morgan fingerprint density at radius 2 is 1.54 bits per heavy atom. The number of anilines is 1. The van der Waals surface area contributed by atoms with Gasteiger partial charge in [0.15, 0.2) is 0 Å². The lowest BCUT2D eigenvalue weighted by molar-refractivity contribution is 0.334. The predicted octanol–water partition coefficient (Wildman–Crippen LogP) is 4.79. The van der Waals surface area contributed by atoms with Crippen LogP contribution in [-0.4, -0.2) is 23.1 Å². The van der Waals surface area contributed by atoms with Gasteiger partial charge in [0, 0.05) is 10.9 Å². The quantitative estimate of drug-likeness (QED) is 0.512. The van der Waals surface area contributed by atoms with Crippen LogP contribution in [0.25, 0.3) is 22.0 Å². The van der Waals surface area contributed by atoms with Gasteiger partial charge in [-0.2, -0.15) is 0 Å². The molecule has 128 valence electrons. The first-order valence-electron chi connectivity index (χ1n) is 8.63. The average Bonchev–Trinajstić information content (AvgIpc) is 2.72. The molecule has 4 aromatic rings. The van der Waals surface area contributed by atoms with Gasteiger partial charge in [-0.05, 0) is 23.8 Å². The molecular formula is C22H19N3O. The van der Waals surface area contributed by atoms with E-state index in [1.165, 1.54) is 0 Å². The largest absolute Gasteiger partial charge is 0.491 e. The first-order chi connectivity index (χ1) is 12.9. The third-order valence-electron chi connectivity index (χ3n) is 4.17. The average molecular weight is 341 g/mol. The van der Waals surface area contributed by atoms with Crippen LogP contribution >= 0.6 is 0 Å². The van der Waals surface area contributed by atoms with Gasteiger partial charge in [-0.25, -0.2) is 9.97 Å². The third-order valence-corrected chi connectivity index (χ3v) is 4.17. The molecule has 0 spiro atoms. The van der Waals surface area contributed by atoms with Crippen LogP contribution in [0.2, 0.25) is 0 Å². The zero-order valence-electron chi connectivity index (χ0n) is 14.3. The van der Waals surface area contributed by atoms with Gasteiger partial charge in [-0.1, -0.05) is 60.7 Å². The van der Waals surface area contributed by atoms with Gasteiger partial charge in [0.05, 0.1) is 12.1 Å². The highest BCUT2D eigenvalue weighted by Crippen LogP contribution is 2.29. The molecule has 1 aromatic heterocycles. The van der Waals surface area contributed by atoms with Gasteiger partial charge in [-0.15, -0.1) is 0 Å². The molecule has 1 heterocycles. The molecule has 0 fully saturated rings. The predicted molar refractivity (Wildman–Crippen MR) is 105 cm³/mol. The van der Waals surface area contributed by atoms with Crippen molar-refractivity contribution >= 4 is 16.7 Å². The smallest absolute Gasteiger partial charge is 0.137 e. The number of benzene rings is 3. The van der Waals surface area contributed by atoms with E-state index in [1.807, 2.05) is 60.7 Å². The van der Waals surface area contributed by atoms with Crippen molar-refractivity contribution < 1.29 is 4.74 Å². The summed E-state index contributed by atoms with van der Waals surface area (Å²) in [6.45, 7) is 1.20. The standard InChI is InChI=1S/C22H19N3O/c1-2-8-17(9-3-1)18-10-5-7-13-21(18)26-15-14-23-22-19-11-4-6-12-20(19)24-16-25-22/h1-13,16H,14-15H2,(H,23,24,25). The third kappa shape index (κ3) is 3.49. The number of hydrogen-bond acceptors (Lipinski definition) is 4. The SMILES string of the molecule is c1ccc(-c2ccccc2OCCNc2ncnc3ccccc23)cc1. The Bertz CT molecular complexity index is 997. The summed E-state index contributed by atoms with van der Waals surface area (Å²) in [4.78, 5) is 8.62. The van der Waals surface area contributed by atoms with Crippen molar-refractivity contribution in [1.82, 2.24) is 9.97 Å². The lowest BCUT2D eigenvalue weighted by Gasteiger charge is -2.13. The molecule has 0 atom stereocenters. The van der Waals surface area contributed by atoms with E-state index in [-0.39, 0.29) is 0 Å². The molecule has 0 aliphatic rings. The number of para-hydroxylation sites is 2. The van der Waals surface area contributed by atoms with Crippen molar-refractivity contribution in [2.45, 2.75) is 0 Å². The van der Waals surface area contributed by atoms with Gasteiger partial charge in [0.1, 0.15) is 24.5 Å². The van der Waals surface area contributed by atoms with Crippen LogP contribution in [0, 0.1) is 0 Å². The Morgan fingerprint density at radius 3 is 2.46 bits per heavy atom. The molecule has 0 aliphatic heterocycles. The summed E-state index contributed by atoms with van der Waals surface area (Å²) in [5.74, 6) is 1.71. The minimum absolute atomic E-state index is 0.544. The highest BCUT2D eigenvalue weighted by atomic mass is 16.5. The summed E-state index contributed by atoms with van der Waals surface area (Å²) in [6, 6.07) is 26.3. The van der Waals surface area contributed by atoms with Gasteiger partial charge in [0.2, 0.25) is 0 Å². The van der Waals surface area contributed by atoms with Gasteiger partial charge >= 0.3 is 0 Å². The first kappa shape index (κ1) is 16.1. The summed E-state index contributed by atoms with van der Waals surface area (Å²) in [6.07, 6.45) is 1.58. The molecule has 4 nitrogen and oxygen atoms in total. The summed E-state index contributed by atoms with van der Waals surface area (Å²) in [5, 5.41) is 4.35. The Morgan fingerprint density at radius 1 is 0.769 bits per heavy atom. The lowest BCUT2D eigenvalue weighted by Crippen LogP contribution is -2.13. The minimum atomic E-state index is 0.544. The summed E-state index contributed by atoms with van der Waals surface area (Å²) in [5.41, 5.74) is 3.18. The molecular weight excluding hydrogens is 322 g/mol. The van der Waals surface area contributed by atoms with Crippen molar-refractivity contribution in [1.29, 1.82) is 0 Å². The van der Waals surface area contributed by atoms with Crippen LogP contribution < -0.4 is 10.1 Å². The van der Waals surface area contributed by atoms with Crippen LogP contribution in [0.4, 0.5) is 5.82 Å². The monoisotopic (exact) mass is 341 g/mol. The number of nitrogens with one attached hydrogen (secondary N) is 1. The van der Waals surface area contributed by atoms with E-state index in [9.17, 15) is 0 Å². The van der Waals surface area contributed by atoms with E-state index in [1.54, 1.807) is 6.33 Å². The Balaban J connectivity index is 1.43. The fourth-order valence-electron chi connectivity index (χ4n) is 2.92. The summed E-state index contributed by atoms with van der Waals surface area (Å²) < 4.78 is 6.02. The summed E-state index contributed by atoms with van der Waals surface area (Å²) >= 11 is 0. The maximum atomic E-state index is 6.02. The van der Waals surface area contributed by atoms with Gasteiger partial charge in [-0.3, -0.25) is 0 Å². The van der Waals surface area contributed by atoms with Crippen molar-refractivity contribution in [3.8, 4) is 16.9 Å². The molecule has 4 rings (SSSR count). The molecule has 1 N–H and O–H groups in total. The fraction of sp³-hybridized carbons (Fsp3) is 0.0909. The molecule has 0 bridgehead atoms. The number of aromatic nitrogens is 2. The van der Waals surface area contributed by atoms with E-state index in [4.69, 9.17) is 4.74 Å². The highest BCUT2D eigenvalue weighted by molar-refractivity contribution is 5.88. The first-order valence-corrected chi connectivity index (χ1v) is 8.63. The van der Waals surface area contributed by atoms with E-state index in [0.29, 0.717) is 13.2 Å². The van der Waals surface area contributed by atoms with Crippen LogP contribution in [0.3, 0.4) is 0 Å². The number of ether oxygens (including phenoxy) is 1. The van der Waals surface area contributed by atoms with E-state index in [0.717, 1.165) is 33.6 Å². The maximum absolute atomic E-state index is 6.02. The van der Waals surface area contributed by atoms with Gasteiger partial charge < -0.3 is 10.1 Å². The van der Waals surface area contributed by atoms with E-state index < -0.39 is 0 Å². The minimum Gasteiger partial charge on any atom is -0.491 e. The van der Waals surface area contributed by atoms with Crippen molar-refractivity contribution in [2.75, 3.05) is 18.5 Å². The van der Waals surface area contributed by atoms with E-state index in [2.05, 4.69) is 33.5 Å². The van der Waals surface area contributed by atoms with Crippen LogP contribution in [-0.2, 0) is 0 Å². The van der Waals surface area contributed by atoms with Crippen LogP contribution in [0.1, 0.15) is 0 Å². The highest BCUT2D eigenvalue weighted by Gasteiger charge is 2.06. The maximum Gasteiger partial charge on any atom is 0.137 e. The molecule has 0 unspecified atom stereocenters. The lowest BCUT2D eigenvalue weighted by atomic mass is 10.1.